The summed E-state index contributed by atoms with van der Waals surface area (Å²) in [4.78, 5) is 0. The first-order chi connectivity index (χ1) is 10.4. The number of hydrogen-bond acceptors (Lipinski definition) is 2. The van der Waals surface area contributed by atoms with Crippen LogP contribution in [0.2, 0.25) is 0 Å². The van der Waals surface area contributed by atoms with Gasteiger partial charge in [0, 0.05) is 23.4 Å². The SMILES string of the molecule is NCc1ccc(-n2nc(C(F)(F)F)c3c2CCCC3)cc1F. The summed E-state index contributed by atoms with van der Waals surface area (Å²) in [5.41, 5.74) is 5.92. The number of nitrogens with two attached hydrogens (primary N) is 1. The molecule has 2 aromatic rings. The van der Waals surface area contributed by atoms with Crippen LogP contribution in [0.3, 0.4) is 0 Å². The van der Waals surface area contributed by atoms with Gasteiger partial charge >= 0.3 is 6.18 Å². The highest BCUT2D eigenvalue weighted by atomic mass is 19.4. The maximum Gasteiger partial charge on any atom is 0.435 e. The molecular weight excluding hydrogens is 298 g/mol. The Labute approximate surface area is 124 Å². The molecule has 22 heavy (non-hydrogen) atoms. The molecule has 1 heterocycles. The fourth-order valence-corrected chi connectivity index (χ4v) is 2.87. The van der Waals surface area contributed by atoms with Crippen LogP contribution < -0.4 is 5.73 Å². The zero-order valence-corrected chi connectivity index (χ0v) is 11.8. The summed E-state index contributed by atoms with van der Waals surface area (Å²) in [5.74, 6) is -0.534. The number of alkyl halides is 3. The third-order valence-corrected chi connectivity index (χ3v) is 3.95. The second-order valence-corrected chi connectivity index (χ2v) is 5.37. The fourth-order valence-electron chi connectivity index (χ4n) is 2.87. The Morgan fingerprint density at radius 3 is 2.55 bits per heavy atom. The Morgan fingerprint density at radius 2 is 1.91 bits per heavy atom. The van der Waals surface area contributed by atoms with Gasteiger partial charge in [-0.2, -0.15) is 18.3 Å². The van der Waals surface area contributed by atoms with Gasteiger partial charge in [0.1, 0.15) is 5.82 Å². The Hall–Kier alpha value is -1.89. The van der Waals surface area contributed by atoms with Crippen molar-refractivity contribution < 1.29 is 17.6 Å². The van der Waals surface area contributed by atoms with E-state index in [2.05, 4.69) is 5.10 Å². The Balaban J connectivity index is 2.15. The number of fused-ring (bicyclic) bond motifs is 1. The topological polar surface area (TPSA) is 43.8 Å². The standard InChI is InChI=1S/C15H15F4N3/c16-12-7-10(6-5-9(12)8-20)22-13-4-2-1-3-11(13)14(21-22)15(17,18)19/h5-7H,1-4,8,20H2. The van der Waals surface area contributed by atoms with Crippen LogP contribution in [0.5, 0.6) is 0 Å². The van der Waals surface area contributed by atoms with E-state index in [0.717, 1.165) is 6.42 Å². The number of aromatic nitrogens is 2. The van der Waals surface area contributed by atoms with Crippen molar-refractivity contribution in [2.24, 2.45) is 5.73 Å². The molecule has 7 heteroatoms. The summed E-state index contributed by atoms with van der Waals surface area (Å²) < 4.78 is 54.5. The van der Waals surface area contributed by atoms with Gasteiger partial charge in [-0.3, -0.25) is 0 Å². The predicted octanol–water partition coefficient (Wildman–Crippen LogP) is 3.37. The second kappa shape index (κ2) is 5.39. The molecule has 118 valence electrons. The summed E-state index contributed by atoms with van der Waals surface area (Å²) in [5, 5.41) is 3.72. The molecule has 0 saturated carbocycles. The zero-order chi connectivity index (χ0) is 15.9. The molecule has 0 bridgehead atoms. The lowest BCUT2D eigenvalue weighted by Crippen LogP contribution is -2.11. The second-order valence-electron chi connectivity index (χ2n) is 5.37. The van der Waals surface area contributed by atoms with Crippen molar-refractivity contribution >= 4 is 0 Å². The first-order valence-electron chi connectivity index (χ1n) is 7.08. The lowest BCUT2D eigenvalue weighted by molar-refractivity contribution is -0.142. The highest BCUT2D eigenvalue weighted by molar-refractivity contribution is 5.41. The molecule has 0 unspecified atom stereocenters. The van der Waals surface area contributed by atoms with Crippen molar-refractivity contribution in [2.45, 2.75) is 38.4 Å². The largest absolute Gasteiger partial charge is 0.435 e. The molecule has 0 spiro atoms. The molecular formula is C15H15F4N3. The van der Waals surface area contributed by atoms with Crippen molar-refractivity contribution in [3.05, 3.63) is 46.5 Å². The van der Waals surface area contributed by atoms with Crippen LogP contribution in [0.1, 0.15) is 35.4 Å². The highest BCUT2D eigenvalue weighted by Crippen LogP contribution is 2.36. The Kier molecular flexibility index (Phi) is 3.68. The van der Waals surface area contributed by atoms with E-state index in [1.54, 1.807) is 6.07 Å². The Morgan fingerprint density at radius 1 is 1.18 bits per heavy atom. The maximum atomic E-state index is 13.9. The molecule has 1 aliphatic rings. The summed E-state index contributed by atoms with van der Waals surface area (Å²) in [6.07, 6.45) is -2.11. The number of hydrogen-bond donors (Lipinski definition) is 1. The summed E-state index contributed by atoms with van der Waals surface area (Å²) in [6.45, 7) is 0.0388. The van der Waals surface area contributed by atoms with Crippen molar-refractivity contribution in [1.82, 2.24) is 9.78 Å². The van der Waals surface area contributed by atoms with E-state index in [-0.39, 0.29) is 12.1 Å². The average Bonchev–Trinajstić information content (AvgIpc) is 2.87. The molecule has 0 atom stereocenters. The van der Waals surface area contributed by atoms with Crippen LogP contribution in [-0.2, 0) is 25.6 Å². The maximum absolute atomic E-state index is 13.9. The van der Waals surface area contributed by atoms with E-state index in [4.69, 9.17) is 5.73 Å². The summed E-state index contributed by atoms with van der Waals surface area (Å²) in [7, 11) is 0. The van der Waals surface area contributed by atoms with Crippen LogP contribution in [0.15, 0.2) is 18.2 Å². The molecule has 0 radical (unpaired) electrons. The molecule has 1 aliphatic carbocycles. The molecule has 0 aliphatic heterocycles. The van der Waals surface area contributed by atoms with Gasteiger partial charge in [0.25, 0.3) is 0 Å². The van der Waals surface area contributed by atoms with Gasteiger partial charge in [-0.15, -0.1) is 0 Å². The van der Waals surface area contributed by atoms with E-state index in [1.165, 1.54) is 16.8 Å². The van der Waals surface area contributed by atoms with Crippen LogP contribution in [0, 0.1) is 5.82 Å². The van der Waals surface area contributed by atoms with E-state index >= 15 is 0 Å². The van der Waals surface area contributed by atoms with E-state index in [0.29, 0.717) is 36.2 Å². The predicted molar refractivity (Wildman–Crippen MR) is 73.1 cm³/mol. The average molecular weight is 313 g/mol. The highest BCUT2D eigenvalue weighted by Gasteiger charge is 2.39. The third kappa shape index (κ3) is 2.49. The van der Waals surface area contributed by atoms with E-state index in [9.17, 15) is 17.6 Å². The van der Waals surface area contributed by atoms with Crippen LogP contribution in [0.25, 0.3) is 5.69 Å². The minimum atomic E-state index is -4.50. The summed E-state index contributed by atoms with van der Waals surface area (Å²) >= 11 is 0. The van der Waals surface area contributed by atoms with Crippen LogP contribution >= 0.6 is 0 Å². The molecule has 3 rings (SSSR count). The lowest BCUT2D eigenvalue weighted by Gasteiger charge is -2.15. The number of rotatable bonds is 2. The van der Waals surface area contributed by atoms with Gasteiger partial charge in [-0.25, -0.2) is 9.07 Å². The normalized spacial score (nSPS) is 15.0. The van der Waals surface area contributed by atoms with E-state index < -0.39 is 17.7 Å². The van der Waals surface area contributed by atoms with Crippen molar-refractivity contribution in [1.29, 1.82) is 0 Å². The van der Waals surface area contributed by atoms with Gasteiger partial charge in [-0.05, 0) is 37.8 Å². The van der Waals surface area contributed by atoms with Gasteiger partial charge in [0.2, 0.25) is 0 Å². The minimum Gasteiger partial charge on any atom is -0.326 e. The molecule has 1 aromatic heterocycles. The number of benzene rings is 1. The van der Waals surface area contributed by atoms with Gasteiger partial charge in [-0.1, -0.05) is 6.07 Å². The quantitative estimate of drug-likeness (QED) is 0.864. The third-order valence-electron chi connectivity index (χ3n) is 3.95. The zero-order valence-electron chi connectivity index (χ0n) is 11.8. The number of halogens is 4. The molecule has 2 N–H and O–H groups in total. The van der Waals surface area contributed by atoms with Crippen LogP contribution in [0.4, 0.5) is 17.6 Å². The monoisotopic (exact) mass is 313 g/mol. The molecule has 3 nitrogen and oxygen atoms in total. The molecule has 0 saturated heterocycles. The Bertz CT molecular complexity index is 704. The minimum absolute atomic E-state index is 0.0388. The first-order valence-corrected chi connectivity index (χ1v) is 7.08. The van der Waals surface area contributed by atoms with Gasteiger partial charge in [0.15, 0.2) is 5.69 Å². The molecule has 1 aromatic carbocycles. The van der Waals surface area contributed by atoms with Crippen molar-refractivity contribution in [3.63, 3.8) is 0 Å². The first kappa shape index (κ1) is 15.0. The van der Waals surface area contributed by atoms with Gasteiger partial charge < -0.3 is 5.73 Å². The van der Waals surface area contributed by atoms with Crippen molar-refractivity contribution in [2.75, 3.05) is 0 Å². The smallest absolute Gasteiger partial charge is 0.326 e. The lowest BCUT2D eigenvalue weighted by atomic mass is 9.95. The molecule has 0 amide bonds. The van der Waals surface area contributed by atoms with Crippen molar-refractivity contribution in [3.8, 4) is 5.69 Å². The van der Waals surface area contributed by atoms with E-state index in [1.807, 2.05) is 0 Å². The van der Waals surface area contributed by atoms with Crippen LogP contribution in [-0.4, -0.2) is 9.78 Å². The number of nitrogens with zero attached hydrogens (tertiary/aromatic N) is 2. The summed E-state index contributed by atoms with van der Waals surface area (Å²) in [6, 6.07) is 4.21. The fraction of sp³-hybridized carbons (Fsp3) is 0.400. The van der Waals surface area contributed by atoms with Gasteiger partial charge in [0.05, 0.1) is 5.69 Å². The molecule has 0 fully saturated rings.